The van der Waals surface area contributed by atoms with E-state index in [9.17, 15) is 13.2 Å². The van der Waals surface area contributed by atoms with E-state index in [-0.39, 0.29) is 5.95 Å². The van der Waals surface area contributed by atoms with E-state index in [4.69, 9.17) is 0 Å². The van der Waals surface area contributed by atoms with Gasteiger partial charge in [-0.2, -0.15) is 13.2 Å². The topological polar surface area (TPSA) is 50.7 Å². The standard InChI is InChI=1S/C21H20F4N4S/c1-13-9-14(16-12-27-18(30-16)20(22)6-3-2-4-7-20)11-15(10-13)28-19-26-8-5-17(29-19)21(23,24)25/h5,8-12H,2-4,6-7H2,1H3,(H,26,28,29). The van der Waals surface area contributed by atoms with Crippen molar-refractivity contribution >= 4 is 23.0 Å². The molecule has 9 heteroatoms. The molecule has 1 fully saturated rings. The Kier molecular flexibility index (Phi) is 5.48. The number of thiazole rings is 1. The van der Waals surface area contributed by atoms with Gasteiger partial charge in [0, 0.05) is 18.1 Å². The zero-order valence-electron chi connectivity index (χ0n) is 16.3. The number of halogens is 4. The highest BCUT2D eigenvalue weighted by molar-refractivity contribution is 7.15. The first-order valence-electron chi connectivity index (χ1n) is 9.67. The van der Waals surface area contributed by atoms with Crippen molar-refractivity contribution in [3.63, 3.8) is 0 Å². The predicted octanol–water partition coefficient (Wildman–Crippen LogP) is 6.80. The predicted molar refractivity (Wildman–Crippen MR) is 108 cm³/mol. The quantitative estimate of drug-likeness (QED) is 0.457. The lowest BCUT2D eigenvalue weighted by molar-refractivity contribution is -0.141. The van der Waals surface area contributed by atoms with Crippen molar-refractivity contribution in [2.24, 2.45) is 0 Å². The lowest BCUT2D eigenvalue weighted by Crippen LogP contribution is -2.22. The molecule has 0 bridgehead atoms. The van der Waals surface area contributed by atoms with E-state index in [2.05, 4.69) is 20.3 Å². The number of hydrogen-bond acceptors (Lipinski definition) is 5. The van der Waals surface area contributed by atoms with Crippen LogP contribution in [0.1, 0.15) is 48.4 Å². The number of hydrogen-bond donors (Lipinski definition) is 1. The Morgan fingerprint density at radius 1 is 1.07 bits per heavy atom. The fraction of sp³-hybridized carbons (Fsp3) is 0.381. The van der Waals surface area contributed by atoms with Crippen LogP contribution in [0.25, 0.3) is 10.4 Å². The van der Waals surface area contributed by atoms with Crippen LogP contribution in [0.15, 0.2) is 36.7 Å². The van der Waals surface area contributed by atoms with Gasteiger partial charge in [0.05, 0.1) is 4.88 Å². The summed E-state index contributed by atoms with van der Waals surface area (Å²) in [5.41, 5.74) is -0.123. The minimum atomic E-state index is -4.54. The molecule has 0 radical (unpaired) electrons. The van der Waals surface area contributed by atoms with Crippen LogP contribution in [0.4, 0.5) is 29.2 Å². The summed E-state index contributed by atoms with van der Waals surface area (Å²) in [6.07, 6.45) is 1.94. The number of nitrogens with one attached hydrogen (secondary N) is 1. The molecule has 0 spiro atoms. The average molecular weight is 436 g/mol. The highest BCUT2D eigenvalue weighted by Gasteiger charge is 2.36. The van der Waals surface area contributed by atoms with Crippen molar-refractivity contribution in [1.82, 2.24) is 15.0 Å². The van der Waals surface area contributed by atoms with E-state index < -0.39 is 17.5 Å². The van der Waals surface area contributed by atoms with Gasteiger partial charge in [-0.15, -0.1) is 11.3 Å². The fourth-order valence-electron chi connectivity index (χ4n) is 3.64. The van der Waals surface area contributed by atoms with Crippen LogP contribution >= 0.6 is 11.3 Å². The average Bonchev–Trinajstić information content (AvgIpc) is 3.19. The van der Waals surface area contributed by atoms with Gasteiger partial charge in [-0.1, -0.05) is 12.5 Å². The van der Waals surface area contributed by atoms with Gasteiger partial charge < -0.3 is 5.32 Å². The maximum atomic E-state index is 15.2. The molecule has 0 unspecified atom stereocenters. The minimum absolute atomic E-state index is 0.142. The molecule has 1 aliphatic carbocycles. The van der Waals surface area contributed by atoms with E-state index in [1.54, 1.807) is 18.3 Å². The summed E-state index contributed by atoms with van der Waals surface area (Å²) >= 11 is 1.33. The van der Waals surface area contributed by atoms with Gasteiger partial charge in [0.2, 0.25) is 5.95 Å². The molecule has 4 nitrogen and oxygen atoms in total. The molecule has 0 amide bonds. The third kappa shape index (κ3) is 4.45. The first-order chi connectivity index (χ1) is 14.2. The highest BCUT2D eigenvalue weighted by Crippen LogP contribution is 2.44. The van der Waals surface area contributed by atoms with Crippen molar-refractivity contribution in [3.05, 3.63) is 52.9 Å². The van der Waals surface area contributed by atoms with Gasteiger partial charge in [-0.3, -0.25) is 0 Å². The number of alkyl halides is 4. The normalized spacial score (nSPS) is 16.4. The van der Waals surface area contributed by atoms with Crippen LogP contribution in [0.5, 0.6) is 0 Å². The molecule has 158 valence electrons. The van der Waals surface area contributed by atoms with Crippen molar-refractivity contribution in [2.45, 2.75) is 50.9 Å². The Bertz CT molecular complexity index is 1040. The van der Waals surface area contributed by atoms with Gasteiger partial charge in [-0.05, 0) is 61.9 Å². The Labute approximate surface area is 175 Å². The van der Waals surface area contributed by atoms with Crippen molar-refractivity contribution < 1.29 is 17.6 Å². The van der Waals surface area contributed by atoms with Crippen LogP contribution in [0.2, 0.25) is 0 Å². The maximum absolute atomic E-state index is 15.2. The van der Waals surface area contributed by atoms with Crippen LogP contribution in [0, 0.1) is 6.92 Å². The lowest BCUT2D eigenvalue weighted by Gasteiger charge is -2.27. The first kappa shape index (κ1) is 20.7. The second-order valence-corrected chi connectivity index (χ2v) is 8.56. The molecule has 0 saturated heterocycles. The van der Waals surface area contributed by atoms with Crippen LogP contribution in [-0.4, -0.2) is 15.0 Å². The SMILES string of the molecule is Cc1cc(Nc2nccc(C(F)(F)F)n2)cc(-c2cnc(C3(F)CCCCC3)s2)c1. The summed E-state index contributed by atoms with van der Waals surface area (Å²) in [5, 5.41) is 3.33. The third-order valence-electron chi connectivity index (χ3n) is 5.10. The lowest BCUT2D eigenvalue weighted by atomic mass is 9.87. The first-order valence-corrected chi connectivity index (χ1v) is 10.5. The summed E-state index contributed by atoms with van der Waals surface area (Å²) in [4.78, 5) is 12.6. The van der Waals surface area contributed by atoms with Crippen LogP contribution in [-0.2, 0) is 11.8 Å². The number of nitrogens with zero attached hydrogens (tertiary/aromatic N) is 3. The molecule has 1 aliphatic rings. The Hall–Kier alpha value is -2.55. The van der Waals surface area contributed by atoms with Gasteiger partial charge in [0.25, 0.3) is 0 Å². The molecule has 1 aromatic carbocycles. The second kappa shape index (κ2) is 7.94. The molecule has 1 N–H and O–H groups in total. The number of benzene rings is 1. The van der Waals surface area contributed by atoms with E-state index in [1.165, 1.54) is 11.3 Å². The van der Waals surface area contributed by atoms with Crippen molar-refractivity contribution in [2.75, 3.05) is 5.32 Å². The molecule has 0 atom stereocenters. The van der Waals surface area contributed by atoms with Crippen molar-refractivity contribution in [1.29, 1.82) is 0 Å². The smallest absolute Gasteiger partial charge is 0.324 e. The van der Waals surface area contributed by atoms with Crippen LogP contribution in [0.3, 0.4) is 0 Å². The monoisotopic (exact) mass is 436 g/mol. The summed E-state index contributed by atoms with van der Waals surface area (Å²) in [7, 11) is 0. The van der Waals surface area contributed by atoms with Gasteiger partial charge in [0.15, 0.2) is 5.67 Å². The number of anilines is 2. The van der Waals surface area contributed by atoms with Gasteiger partial charge in [0.1, 0.15) is 10.7 Å². The molecule has 4 rings (SSSR count). The number of aryl methyl sites for hydroxylation is 1. The number of aromatic nitrogens is 3. The zero-order valence-corrected chi connectivity index (χ0v) is 17.1. The summed E-state index contributed by atoms with van der Waals surface area (Å²) < 4.78 is 53.9. The minimum Gasteiger partial charge on any atom is -0.324 e. The molecule has 30 heavy (non-hydrogen) atoms. The molecule has 3 aromatic rings. The van der Waals surface area contributed by atoms with Crippen LogP contribution < -0.4 is 5.32 Å². The third-order valence-corrected chi connectivity index (χ3v) is 6.32. The molecular formula is C21H20F4N4S. The Morgan fingerprint density at radius 2 is 1.83 bits per heavy atom. The Morgan fingerprint density at radius 3 is 2.57 bits per heavy atom. The van der Waals surface area contributed by atoms with Gasteiger partial charge >= 0.3 is 6.18 Å². The van der Waals surface area contributed by atoms with Gasteiger partial charge in [-0.25, -0.2) is 19.3 Å². The van der Waals surface area contributed by atoms with E-state index in [1.807, 2.05) is 13.0 Å². The fourth-order valence-corrected chi connectivity index (χ4v) is 4.69. The summed E-state index contributed by atoms with van der Waals surface area (Å²) in [6.45, 7) is 1.88. The largest absolute Gasteiger partial charge is 0.433 e. The highest BCUT2D eigenvalue weighted by atomic mass is 32.1. The van der Waals surface area contributed by atoms with E-state index >= 15 is 4.39 Å². The molecular weight excluding hydrogens is 416 g/mol. The number of rotatable bonds is 4. The Balaban J connectivity index is 1.60. The van der Waals surface area contributed by atoms with E-state index in [0.717, 1.165) is 47.5 Å². The summed E-state index contributed by atoms with van der Waals surface area (Å²) in [5.74, 6) is -0.142. The summed E-state index contributed by atoms with van der Waals surface area (Å²) in [6, 6.07) is 6.32. The molecule has 1 saturated carbocycles. The van der Waals surface area contributed by atoms with Crippen molar-refractivity contribution in [3.8, 4) is 10.4 Å². The molecule has 2 aromatic heterocycles. The second-order valence-electron chi connectivity index (χ2n) is 7.53. The molecule has 2 heterocycles. The van der Waals surface area contributed by atoms with E-state index in [0.29, 0.717) is 23.5 Å². The zero-order chi connectivity index (χ0) is 21.4. The maximum Gasteiger partial charge on any atom is 0.433 e. The molecule has 0 aliphatic heterocycles.